The summed E-state index contributed by atoms with van der Waals surface area (Å²) in [6, 6.07) is 4.12. The molecule has 2 nitrogen and oxygen atoms in total. The van der Waals surface area contributed by atoms with E-state index in [9.17, 15) is 8.78 Å². The molecule has 0 saturated carbocycles. The third-order valence-corrected chi connectivity index (χ3v) is 4.63. The van der Waals surface area contributed by atoms with Crippen LogP contribution in [-0.2, 0) is 6.42 Å². The van der Waals surface area contributed by atoms with Crippen LogP contribution in [0.5, 0.6) is 0 Å². The van der Waals surface area contributed by atoms with Crippen LogP contribution in [0, 0.1) is 11.6 Å². The Kier molecular flexibility index (Phi) is 3.33. The van der Waals surface area contributed by atoms with Gasteiger partial charge in [-0.3, -0.25) is 0 Å². The first-order chi connectivity index (χ1) is 9.20. The lowest BCUT2D eigenvalue weighted by Crippen LogP contribution is -2.21. The van der Waals surface area contributed by atoms with Crippen LogP contribution in [0.15, 0.2) is 18.2 Å². The van der Waals surface area contributed by atoms with Crippen molar-refractivity contribution < 1.29 is 8.78 Å². The minimum absolute atomic E-state index is 0.00301. The molecule has 1 heterocycles. The van der Waals surface area contributed by atoms with Crippen molar-refractivity contribution in [1.82, 2.24) is 10.3 Å². The van der Waals surface area contributed by atoms with Gasteiger partial charge in [0.05, 0.1) is 17.3 Å². The third kappa shape index (κ3) is 2.17. The van der Waals surface area contributed by atoms with Gasteiger partial charge in [-0.1, -0.05) is 6.07 Å². The lowest BCUT2D eigenvalue weighted by Gasteiger charge is -2.19. The molecule has 1 atom stereocenters. The highest BCUT2D eigenvalue weighted by atomic mass is 32.1. The van der Waals surface area contributed by atoms with Gasteiger partial charge in [-0.25, -0.2) is 13.8 Å². The molecule has 1 aliphatic carbocycles. The molecule has 1 unspecified atom stereocenters. The molecule has 3 rings (SSSR count). The molecule has 0 fully saturated rings. The Morgan fingerprint density at radius 2 is 2.05 bits per heavy atom. The smallest absolute Gasteiger partial charge is 0.136 e. The topological polar surface area (TPSA) is 24.9 Å². The zero-order chi connectivity index (χ0) is 13.4. The summed E-state index contributed by atoms with van der Waals surface area (Å²) in [5.41, 5.74) is 0.952. The minimum atomic E-state index is -0.549. The number of nitrogens with zero attached hydrogens (tertiary/aromatic N) is 1. The first-order valence-corrected chi connectivity index (χ1v) is 7.13. The minimum Gasteiger partial charge on any atom is -0.312 e. The fraction of sp³-hybridized carbons (Fsp3) is 0.357. The van der Waals surface area contributed by atoms with Crippen LogP contribution in [0.1, 0.15) is 29.5 Å². The average Bonchev–Trinajstić information content (AvgIpc) is 2.81. The highest BCUT2D eigenvalue weighted by Gasteiger charge is 2.25. The number of aryl methyl sites for hydroxylation is 1. The summed E-state index contributed by atoms with van der Waals surface area (Å²) in [5.74, 6) is -1.10. The van der Waals surface area contributed by atoms with Crippen LogP contribution >= 0.6 is 11.3 Å². The molecular weight excluding hydrogens is 266 g/mol. The molecular formula is C14H14F2N2S. The summed E-state index contributed by atoms with van der Waals surface area (Å²) in [6.45, 7) is 0. The van der Waals surface area contributed by atoms with Gasteiger partial charge >= 0.3 is 0 Å². The highest BCUT2D eigenvalue weighted by Crippen LogP contribution is 2.38. The second-order valence-corrected chi connectivity index (χ2v) is 5.74. The normalized spacial score (nSPS) is 18.4. The van der Waals surface area contributed by atoms with Gasteiger partial charge in [-0.2, -0.15) is 0 Å². The van der Waals surface area contributed by atoms with Gasteiger partial charge in [0.15, 0.2) is 0 Å². The number of nitrogens with one attached hydrogen (secondary N) is 1. The van der Waals surface area contributed by atoms with Crippen LogP contribution in [0.3, 0.4) is 0 Å². The zero-order valence-corrected chi connectivity index (χ0v) is 11.4. The van der Waals surface area contributed by atoms with Crippen LogP contribution in [-0.4, -0.2) is 12.0 Å². The van der Waals surface area contributed by atoms with E-state index in [1.807, 2.05) is 7.05 Å². The Morgan fingerprint density at radius 1 is 1.32 bits per heavy atom. The van der Waals surface area contributed by atoms with Crippen LogP contribution < -0.4 is 5.32 Å². The van der Waals surface area contributed by atoms with Gasteiger partial charge in [0.25, 0.3) is 0 Å². The van der Waals surface area contributed by atoms with Crippen molar-refractivity contribution in [2.45, 2.75) is 25.3 Å². The van der Waals surface area contributed by atoms with Gasteiger partial charge in [0, 0.05) is 4.88 Å². The van der Waals surface area contributed by atoms with E-state index in [-0.39, 0.29) is 11.6 Å². The SMILES string of the molecule is CNC1CCCc2sc(-c3c(F)cccc3F)nc21. The lowest BCUT2D eigenvalue weighted by atomic mass is 9.98. The Morgan fingerprint density at radius 3 is 2.74 bits per heavy atom. The molecule has 0 bridgehead atoms. The number of rotatable bonds is 2. The van der Waals surface area contributed by atoms with Gasteiger partial charge in [0.1, 0.15) is 16.6 Å². The molecule has 1 N–H and O–H groups in total. The summed E-state index contributed by atoms with van der Waals surface area (Å²) < 4.78 is 27.6. The fourth-order valence-corrected chi connectivity index (χ4v) is 3.72. The predicted molar refractivity (Wildman–Crippen MR) is 72.2 cm³/mol. The molecule has 0 amide bonds. The van der Waals surface area contributed by atoms with Crippen LogP contribution in [0.4, 0.5) is 8.78 Å². The maximum absolute atomic E-state index is 13.8. The van der Waals surface area contributed by atoms with E-state index in [1.165, 1.54) is 29.5 Å². The molecule has 1 aliphatic rings. The van der Waals surface area contributed by atoms with Gasteiger partial charge in [-0.05, 0) is 38.4 Å². The van der Waals surface area contributed by atoms with E-state index in [1.54, 1.807) is 0 Å². The van der Waals surface area contributed by atoms with E-state index in [4.69, 9.17) is 0 Å². The number of benzene rings is 1. The first kappa shape index (κ1) is 12.7. The van der Waals surface area contributed by atoms with Gasteiger partial charge < -0.3 is 5.32 Å². The number of hydrogen-bond donors (Lipinski definition) is 1. The molecule has 1 aromatic carbocycles. The van der Waals surface area contributed by atoms with Crippen molar-refractivity contribution in [2.75, 3.05) is 7.05 Å². The largest absolute Gasteiger partial charge is 0.312 e. The quantitative estimate of drug-likeness (QED) is 0.907. The van der Waals surface area contributed by atoms with Gasteiger partial charge in [-0.15, -0.1) is 11.3 Å². The van der Waals surface area contributed by atoms with Crippen molar-refractivity contribution in [2.24, 2.45) is 0 Å². The summed E-state index contributed by atoms with van der Waals surface area (Å²) in [7, 11) is 1.89. The van der Waals surface area contributed by atoms with E-state index in [0.29, 0.717) is 5.01 Å². The van der Waals surface area contributed by atoms with Gasteiger partial charge in [0.2, 0.25) is 0 Å². The maximum Gasteiger partial charge on any atom is 0.136 e. The predicted octanol–water partition coefficient (Wildman–Crippen LogP) is 3.69. The number of hydrogen-bond acceptors (Lipinski definition) is 3. The number of aromatic nitrogens is 1. The first-order valence-electron chi connectivity index (χ1n) is 6.32. The number of thiazole rings is 1. The standard InChI is InChI=1S/C14H14F2N2S/c1-17-10-6-3-7-11-13(10)18-14(19-11)12-8(15)4-2-5-9(12)16/h2,4-5,10,17H,3,6-7H2,1H3. The zero-order valence-electron chi connectivity index (χ0n) is 10.5. The van der Waals surface area contributed by atoms with Crippen molar-refractivity contribution in [1.29, 1.82) is 0 Å². The molecule has 0 radical (unpaired) electrons. The maximum atomic E-state index is 13.8. The number of halogens is 2. The molecule has 19 heavy (non-hydrogen) atoms. The van der Waals surface area contributed by atoms with Crippen molar-refractivity contribution in [3.05, 3.63) is 40.4 Å². The Labute approximate surface area is 114 Å². The number of fused-ring (bicyclic) bond motifs is 1. The van der Waals surface area contributed by atoms with E-state index in [0.717, 1.165) is 29.8 Å². The summed E-state index contributed by atoms with van der Waals surface area (Å²) >= 11 is 1.40. The van der Waals surface area contributed by atoms with Crippen LogP contribution in [0.25, 0.3) is 10.6 Å². The Hall–Kier alpha value is -1.33. The fourth-order valence-electron chi connectivity index (χ4n) is 2.51. The summed E-state index contributed by atoms with van der Waals surface area (Å²) in [6.07, 6.45) is 3.05. The second kappa shape index (κ2) is 4.98. The molecule has 1 aromatic heterocycles. The summed E-state index contributed by atoms with van der Waals surface area (Å²) in [4.78, 5) is 5.61. The monoisotopic (exact) mass is 280 g/mol. The van der Waals surface area contributed by atoms with Crippen LogP contribution in [0.2, 0.25) is 0 Å². The lowest BCUT2D eigenvalue weighted by molar-refractivity contribution is 0.490. The second-order valence-electron chi connectivity index (χ2n) is 4.66. The average molecular weight is 280 g/mol. The van der Waals surface area contributed by atoms with E-state index in [2.05, 4.69) is 10.3 Å². The Balaban J connectivity index is 2.10. The van der Waals surface area contributed by atoms with Crippen molar-refractivity contribution in [3.63, 3.8) is 0 Å². The molecule has 100 valence electrons. The van der Waals surface area contributed by atoms with E-state index >= 15 is 0 Å². The van der Waals surface area contributed by atoms with E-state index < -0.39 is 11.6 Å². The van der Waals surface area contributed by atoms with Crippen molar-refractivity contribution in [3.8, 4) is 10.6 Å². The molecule has 0 aliphatic heterocycles. The van der Waals surface area contributed by atoms with Crippen molar-refractivity contribution >= 4 is 11.3 Å². The molecule has 2 aromatic rings. The molecule has 0 spiro atoms. The molecule has 5 heteroatoms. The summed E-state index contributed by atoms with van der Waals surface area (Å²) in [5, 5.41) is 3.66. The third-order valence-electron chi connectivity index (χ3n) is 3.48. The molecule has 0 saturated heterocycles. The highest BCUT2D eigenvalue weighted by molar-refractivity contribution is 7.15. The Bertz CT molecular complexity index is 589.